The average Bonchev–Trinajstić information content (AvgIpc) is 2.89. The molecule has 1 aromatic carbocycles. The molecule has 0 radical (unpaired) electrons. The van der Waals surface area contributed by atoms with Crippen LogP contribution in [0.15, 0.2) is 24.3 Å². The molecule has 2 rings (SSSR count). The molecule has 0 spiro atoms. The van der Waals surface area contributed by atoms with Gasteiger partial charge in [-0.1, -0.05) is 6.07 Å². The van der Waals surface area contributed by atoms with E-state index in [-0.39, 0.29) is 12.0 Å². The van der Waals surface area contributed by atoms with Gasteiger partial charge in [-0.05, 0) is 25.0 Å². The summed E-state index contributed by atoms with van der Waals surface area (Å²) in [6, 6.07) is 7.17. The highest BCUT2D eigenvalue weighted by Gasteiger charge is 2.15. The number of nitrogens with one attached hydrogen (secondary N) is 1. The lowest BCUT2D eigenvalue weighted by atomic mass is 10.2. The highest BCUT2D eigenvalue weighted by atomic mass is 16.5. The molecule has 1 unspecified atom stereocenters. The van der Waals surface area contributed by atoms with Crippen molar-refractivity contribution in [3.05, 3.63) is 24.3 Å². The Hall–Kier alpha value is -1.75. The van der Waals surface area contributed by atoms with Crippen molar-refractivity contribution >= 4 is 11.6 Å². The van der Waals surface area contributed by atoms with Gasteiger partial charge >= 0.3 is 0 Å². The van der Waals surface area contributed by atoms with Crippen molar-refractivity contribution in [2.45, 2.75) is 25.4 Å². The fourth-order valence-corrected chi connectivity index (χ4v) is 1.99. The molecule has 1 aliphatic rings. The number of nitrogens with two attached hydrogens (primary N) is 1. The van der Waals surface area contributed by atoms with Crippen molar-refractivity contribution < 1.29 is 14.3 Å². The largest absolute Gasteiger partial charge is 0.493 e. The fraction of sp³-hybridized carbons (Fsp3) is 0.500. The van der Waals surface area contributed by atoms with Crippen molar-refractivity contribution in [1.82, 2.24) is 5.32 Å². The third kappa shape index (κ3) is 4.79. The van der Waals surface area contributed by atoms with Crippen molar-refractivity contribution in [1.29, 1.82) is 0 Å². The maximum Gasteiger partial charge on any atom is 0.223 e. The molecule has 1 heterocycles. The molecule has 3 N–H and O–H groups in total. The van der Waals surface area contributed by atoms with Crippen LogP contribution >= 0.6 is 0 Å². The Labute approximate surface area is 113 Å². The Morgan fingerprint density at radius 3 is 3.16 bits per heavy atom. The molecule has 0 aromatic heterocycles. The molecule has 1 aliphatic heterocycles. The van der Waals surface area contributed by atoms with Crippen LogP contribution in [0, 0.1) is 0 Å². The van der Waals surface area contributed by atoms with Gasteiger partial charge in [-0.25, -0.2) is 0 Å². The van der Waals surface area contributed by atoms with Crippen LogP contribution in [0.1, 0.15) is 19.3 Å². The summed E-state index contributed by atoms with van der Waals surface area (Å²) in [6.45, 7) is 1.75. The summed E-state index contributed by atoms with van der Waals surface area (Å²) < 4.78 is 10.9. The van der Waals surface area contributed by atoms with Crippen molar-refractivity contribution in [3.8, 4) is 5.75 Å². The summed E-state index contributed by atoms with van der Waals surface area (Å²) in [6.07, 6.45) is 2.62. The molecule has 19 heavy (non-hydrogen) atoms. The number of nitrogen functional groups attached to an aromatic ring is 1. The molecule has 1 amide bonds. The van der Waals surface area contributed by atoms with Gasteiger partial charge in [-0.3, -0.25) is 4.79 Å². The summed E-state index contributed by atoms with van der Waals surface area (Å²) in [5.41, 5.74) is 6.29. The van der Waals surface area contributed by atoms with E-state index in [1.807, 2.05) is 12.1 Å². The summed E-state index contributed by atoms with van der Waals surface area (Å²) in [7, 11) is 0. The number of benzene rings is 1. The van der Waals surface area contributed by atoms with Crippen LogP contribution in [-0.4, -0.2) is 31.8 Å². The quantitative estimate of drug-likeness (QED) is 0.760. The van der Waals surface area contributed by atoms with Gasteiger partial charge in [-0.15, -0.1) is 0 Å². The van der Waals surface area contributed by atoms with Crippen LogP contribution in [0.4, 0.5) is 5.69 Å². The lowest BCUT2D eigenvalue weighted by Crippen LogP contribution is -2.32. The molecule has 0 bridgehead atoms. The van der Waals surface area contributed by atoms with Gasteiger partial charge in [0.05, 0.1) is 19.1 Å². The summed E-state index contributed by atoms with van der Waals surface area (Å²) in [4.78, 5) is 11.6. The number of anilines is 1. The number of rotatable bonds is 6. The minimum atomic E-state index is -0.0144. The topological polar surface area (TPSA) is 73.6 Å². The van der Waals surface area contributed by atoms with E-state index in [2.05, 4.69) is 5.32 Å². The zero-order valence-corrected chi connectivity index (χ0v) is 10.9. The van der Waals surface area contributed by atoms with Gasteiger partial charge in [0, 0.05) is 24.9 Å². The molecule has 0 aliphatic carbocycles. The Kier molecular flexibility index (Phi) is 5.03. The van der Waals surface area contributed by atoms with Gasteiger partial charge < -0.3 is 20.5 Å². The van der Waals surface area contributed by atoms with E-state index in [1.54, 1.807) is 12.1 Å². The monoisotopic (exact) mass is 264 g/mol. The van der Waals surface area contributed by atoms with Crippen LogP contribution in [-0.2, 0) is 9.53 Å². The van der Waals surface area contributed by atoms with E-state index >= 15 is 0 Å². The van der Waals surface area contributed by atoms with Crippen molar-refractivity contribution in [2.75, 3.05) is 25.5 Å². The Morgan fingerprint density at radius 1 is 1.53 bits per heavy atom. The number of hydrogen-bond acceptors (Lipinski definition) is 4. The van der Waals surface area contributed by atoms with Crippen molar-refractivity contribution in [2.24, 2.45) is 0 Å². The van der Waals surface area contributed by atoms with E-state index in [9.17, 15) is 4.79 Å². The number of amides is 1. The van der Waals surface area contributed by atoms with E-state index in [1.165, 1.54) is 0 Å². The van der Waals surface area contributed by atoms with Crippen molar-refractivity contribution in [3.63, 3.8) is 0 Å². The second-order valence-electron chi connectivity index (χ2n) is 4.61. The van der Waals surface area contributed by atoms with Gasteiger partial charge in [-0.2, -0.15) is 0 Å². The van der Waals surface area contributed by atoms with E-state index < -0.39 is 0 Å². The van der Waals surface area contributed by atoms with Gasteiger partial charge in [0.1, 0.15) is 5.75 Å². The second kappa shape index (κ2) is 6.99. The SMILES string of the molecule is Nc1cccc(OCCC(=O)NCC2CCCO2)c1. The number of ether oxygens (including phenoxy) is 2. The van der Waals surface area contributed by atoms with Crippen LogP contribution in [0.2, 0.25) is 0 Å². The Balaban J connectivity index is 1.60. The van der Waals surface area contributed by atoms with Crippen LogP contribution in [0.25, 0.3) is 0 Å². The third-order valence-electron chi connectivity index (χ3n) is 3.01. The smallest absolute Gasteiger partial charge is 0.223 e. The minimum absolute atomic E-state index is 0.0144. The predicted octanol–water partition coefficient (Wildman–Crippen LogP) is 1.33. The lowest BCUT2D eigenvalue weighted by molar-refractivity contribution is -0.122. The van der Waals surface area contributed by atoms with Gasteiger partial charge in [0.2, 0.25) is 5.91 Å². The first-order valence-corrected chi connectivity index (χ1v) is 6.60. The number of carbonyl (C=O) groups is 1. The molecule has 5 nitrogen and oxygen atoms in total. The molecule has 1 fully saturated rings. The Morgan fingerprint density at radius 2 is 2.42 bits per heavy atom. The average molecular weight is 264 g/mol. The molecule has 104 valence electrons. The van der Waals surface area contributed by atoms with Crippen LogP contribution in [0.3, 0.4) is 0 Å². The van der Waals surface area contributed by atoms with E-state index in [0.29, 0.717) is 31.0 Å². The summed E-state index contributed by atoms with van der Waals surface area (Å²) in [5.74, 6) is 0.673. The fourth-order valence-electron chi connectivity index (χ4n) is 1.99. The number of carbonyl (C=O) groups excluding carboxylic acids is 1. The second-order valence-corrected chi connectivity index (χ2v) is 4.61. The molecular formula is C14H20N2O3. The first-order chi connectivity index (χ1) is 9.24. The maximum absolute atomic E-state index is 11.6. The highest BCUT2D eigenvalue weighted by Crippen LogP contribution is 2.14. The van der Waals surface area contributed by atoms with E-state index in [0.717, 1.165) is 19.4 Å². The molecule has 1 saturated heterocycles. The first kappa shape index (κ1) is 13.7. The van der Waals surface area contributed by atoms with Crippen LogP contribution < -0.4 is 15.8 Å². The highest BCUT2D eigenvalue weighted by molar-refractivity contribution is 5.76. The van der Waals surface area contributed by atoms with Gasteiger partial charge in [0.15, 0.2) is 0 Å². The molecule has 0 saturated carbocycles. The van der Waals surface area contributed by atoms with E-state index in [4.69, 9.17) is 15.2 Å². The molecule has 5 heteroatoms. The zero-order chi connectivity index (χ0) is 13.5. The van der Waals surface area contributed by atoms with Gasteiger partial charge in [0.25, 0.3) is 0 Å². The Bertz CT molecular complexity index is 417. The summed E-state index contributed by atoms with van der Waals surface area (Å²) >= 11 is 0. The molecule has 1 atom stereocenters. The maximum atomic E-state index is 11.6. The number of hydrogen-bond donors (Lipinski definition) is 2. The first-order valence-electron chi connectivity index (χ1n) is 6.60. The normalized spacial score (nSPS) is 18.2. The minimum Gasteiger partial charge on any atom is -0.493 e. The summed E-state index contributed by atoms with van der Waals surface area (Å²) in [5, 5.41) is 2.85. The standard InChI is InChI=1S/C14H20N2O3/c15-11-3-1-4-12(9-11)19-8-6-14(17)16-10-13-5-2-7-18-13/h1,3-4,9,13H,2,5-8,10,15H2,(H,16,17). The molecular weight excluding hydrogens is 244 g/mol. The third-order valence-corrected chi connectivity index (χ3v) is 3.01. The predicted molar refractivity (Wildman–Crippen MR) is 73.0 cm³/mol. The lowest BCUT2D eigenvalue weighted by Gasteiger charge is -2.11. The van der Waals surface area contributed by atoms with Crippen LogP contribution in [0.5, 0.6) is 5.75 Å². The molecule has 1 aromatic rings. The zero-order valence-electron chi connectivity index (χ0n) is 10.9.